The molecule has 1 heterocycles. The van der Waals surface area contributed by atoms with Gasteiger partial charge in [0.25, 0.3) is 5.91 Å². The van der Waals surface area contributed by atoms with Crippen LogP contribution in [0.4, 0.5) is 10.1 Å². The van der Waals surface area contributed by atoms with E-state index in [1.807, 2.05) is 18.2 Å². The van der Waals surface area contributed by atoms with Crippen LogP contribution in [0.3, 0.4) is 0 Å². The molecule has 30 heavy (non-hydrogen) atoms. The number of amides is 1. The molecule has 0 radical (unpaired) electrons. The Morgan fingerprint density at radius 3 is 2.27 bits per heavy atom. The zero-order chi connectivity index (χ0) is 21.3. The van der Waals surface area contributed by atoms with Crippen LogP contribution in [-0.4, -0.2) is 31.7 Å². The molecule has 0 atom stereocenters. The van der Waals surface area contributed by atoms with Gasteiger partial charge in [-0.15, -0.1) is 0 Å². The van der Waals surface area contributed by atoms with Gasteiger partial charge in [0.15, 0.2) is 0 Å². The smallest absolute Gasteiger partial charge is 0.258 e. The minimum atomic E-state index is -3.74. The van der Waals surface area contributed by atoms with Gasteiger partial charge in [-0.2, -0.15) is 4.31 Å². The summed E-state index contributed by atoms with van der Waals surface area (Å²) in [4.78, 5) is 14.9. The normalized spacial score (nSPS) is 14.8. The Bertz CT molecular complexity index is 1180. The Labute approximate surface area is 182 Å². The fraction of sp³-hybridized carbons (Fsp3) is 0.136. The summed E-state index contributed by atoms with van der Waals surface area (Å²) in [7, 11) is -3.74. The van der Waals surface area contributed by atoms with Gasteiger partial charge in [0, 0.05) is 35.4 Å². The summed E-state index contributed by atoms with van der Waals surface area (Å²) in [6.45, 7) is 0.477. The Morgan fingerprint density at radius 1 is 0.900 bits per heavy atom. The first-order chi connectivity index (χ1) is 14.4. The summed E-state index contributed by atoms with van der Waals surface area (Å²) >= 11 is 3.32. The number of rotatable bonds is 3. The molecule has 5 nitrogen and oxygen atoms in total. The number of nitrogens with zero attached hydrogens (tertiary/aromatic N) is 2. The molecule has 0 aliphatic carbocycles. The highest BCUT2D eigenvalue weighted by molar-refractivity contribution is 9.10. The number of hydrogen-bond acceptors (Lipinski definition) is 3. The first kappa shape index (κ1) is 20.7. The third kappa shape index (κ3) is 4.03. The van der Waals surface area contributed by atoms with Crippen LogP contribution in [0.15, 0.2) is 82.2 Å². The van der Waals surface area contributed by atoms with E-state index in [-0.39, 0.29) is 30.4 Å². The van der Waals surface area contributed by atoms with Crippen LogP contribution in [0.25, 0.3) is 0 Å². The largest absolute Gasteiger partial charge is 0.307 e. The van der Waals surface area contributed by atoms with Gasteiger partial charge in [-0.3, -0.25) is 4.79 Å². The van der Waals surface area contributed by atoms with E-state index in [4.69, 9.17) is 0 Å². The molecule has 154 valence electrons. The maximum atomic E-state index is 13.3. The average Bonchev–Trinajstić information content (AvgIpc) is 2.94. The molecule has 1 aliphatic rings. The van der Waals surface area contributed by atoms with Crippen molar-refractivity contribution in [3.8, 4) is 0 Å². The highest BCUT2D eigenvalue weighted by atomic mass is 79.9. The van der Waals surface area contributed by atoms with Crippen LogP contribution in [0.5, 0.6) is 0 Å². The number of fused-ring (bicyclic) bond motifs is 1. The van der Waals surface area contributed by atoms with Crippen molar-refractivity contribution < 1.29 is 17.6 Å². The molecule has 0 saturated carbocycles. The van der Waals surface area contributed by atoms with Crippen molar-refractivity contribution in [3.05, 3.63) is 94.2 Å². The Morgan fingerprint density at radius 2 is 1.57 bits per heavy atom. The summed E-state index contributed by atoms with van der Waals surface area (Å²) < 4.78 is 41.9. The van der Waals surface area contributed by atoms with Crippen LogP contribution in [0.2, 0.25) is 0 Å². The van der Waals surface area contributed by atoms with Gasteiger partial charge in [-0.05, 0) is 60.2 Å². The lowest BCUT2D eigenvalue weighted by Gasteiger charge is -2.23. The molecule has 3 aromatic rings. The lowest BCUT2D eigenvalue weighted by atomic mass is 10.1. The van der Waals surface area contributed by atoms with Crippen LogP contribution in [0, 0.1) is 5.82 Å². The number of carbonyl (C=O) groups is 1. The molecule has 4 rings (SSSR count). The molecule has 0 fully saturated rings. The highest BCUT2D eigenvalue weighted by Gasteiger charge is 2.31. The van der Waals surface area contributed by atoms with Gasteiger partial charge in [-0.1, -0.05) is 34.1 Å². The zero-order valence-electron chi connectivity index (χ0n) is 15.8. The molecule has 0 N–H and O–H groups in total. The maximum absolute atomic E-state index is 13.3. The monoisotopic (exact) mass is 488 g/mol. The molecule has 0 saturated heterocycles. The molecule has 1 aliphatic heterocycles. The Balaban J connectivity index is 1.69. The predicted molar refractivity (Wildman–Crippen MR) is 116 cm³/mol. The van der Waals surface area contributed by atoms with E-state index >= 15 is 0 Å². The second-order valence-electron chi connectivity index (χ2n) is 6.88. The standard InChI is InChI=1S/C22H18BrFN2O3S/c23-18-7-11-20(12-8-18)30(28,29)25-13-14-26(21-4-2-1-3-17(21)15-25)22(27)16-5-9-19(24)10-6-16/h1-12H,13-15H2. The van der Waals surface area contributed by atoms with Crippen LogP contribution in [0.1, 0.15) is 15.9 Å². The lowest BCUT2D eigenvalue weighted by molar-refractivity contribution is 0.0986. The molecular formula is C22H18BrFN2O3S. The van der Waals surface area contributed by atoms with Gasteiger partial charge in [0.05, 0.1) is 4.90 Å². The Kier molecular flexibility index (Phi) is 5.73. The van der Waals surface area contributed by atoms with Crippen LogP contribution in [-0.2, 0) is 16.6 Å². The van der Waals surface area contributed by atoms with Gasteiger partial charge in [-0.25, -0.2) is 12.8 Å². The fourth-order valence-corrected chi connectivity index (χ4v) is 5.10. The van der Waals surface area contributed by atoms with Gasteiger partial charge in [0.2, 0.25) is 10.0 Å². The van der Waals surface area contributed by atoms with Gasteiger partial charge < -0.3 is 4.90 Å². The second kappa shape index (κ2) is 8.29. The predicted octanol–water partition coefficient (Wildman–Crippen LogP) is 4.44. The number of carbonyl (C=O) groups excluding carboxylic acids is 1. The summed E-state index contributed by atoms with van der Waals surface area (Å²) in [6, 6.07) is 19.0. The van der Waals surface area contributed by atoms with Gasteiger partial charge in [0.1, 0.15) is 5.82 Å². The van der Waals surface area contributed by atoms with Crippen LogP contribution >= 0.6 is 15.9 Å². The molecule has 0 aromatic heterocycles. The number of para-hydroxylation sites is 1. The van der Waals surface area contributed by atoms with Crippen LogP contribution < -0.4 is 4.90 Å². The number of hydrogen-bond donors (Lipinski definition) is 0. The first-order valence-corrected chi connectivity index (χ1v) is 11.5. The molecule has 3 aromatic carbocycles. The van der Waals surface area contributed by atoms with E-state index in [9.17, 15) is 17.6 Å². The van der Waals surface area contributed by atoms with Crippen molar-refractivity contribution in [2.45, 2.75) is 11.4 Å². The van der Waals surface area contributed by atoms with Crippen molar-refractivity contribution >= 4 is 37.5 Å². The third-order valence-corrected chi connectivity index (χ3v) is 7.38. The van der Waals surface area contributed by atoms with Crippen molar-refractivity contribution in [1.82, 2.24) is 4.31 Å². The van der Waals surface area contributed by atoms with E-state index in [1.165, 1.54) is 28.6 Å². The maximum Gasteiger partial charge on any atom is 0.258 e. The number of benzene rings is 3. The molecule has 1 amide bonds. The third-order valence-electron chi connectivity index (χ3n) is 4.99. The van der Waals surface area contributed by atoms with E-state index < -0.39 is 15.8 Å². The summed E-state index contributed by atoms with van der Waals surface area (Å²) in [6.07, 6.45) is 0. The molecule has 0 unspecified atom stereocenters. The van der Waals surface area contributed by atoms with Crippen molar-refractivity contribution in [3.63, 3.8) is 0 Å². The minimum absolute atomic E-state index is 0.139. The quantitative estimate of drug-likeness (QED) is 0.547. The molecular weight excluding hydrogens is 471 g/mol. The topological polar surface area (TPSA) is 57.7 Å². The highest BCUT2D eigenvalue weighted by Crippen LogP contribution is 2.29. The summed E-state index contributed by atoms with van der Waals surface area (Å²) in [5.74, 6) is -0.722. The Hall–Kier alpha value is -2.55. The fourth-order valence-electron chi connectivity index (χ4n) is 3.43. The number of halogens is 2. The number of anilines is 1. The van der Waals surface area contributed by atoms with Crippen molar-refractivity contribution in [2.24, 2.45) is 0 Å². The van der Waals surface area contributed by atoms with E-state index in [2.05, 4.69) is 15.9 Å². The minimum Gasteiger partial charge on any atom is -0.307 e. The van der Waals surface area contributed by atoms with E-state index in [0.29, 0.717) is 11.3 Å². The van der Waals surface area contributed by atoms with E-state index in [0.717, 1.165) is 10.0 Å². The van der Waals surface area contributed by atoms with Crippen molar-refractivity contribution in [1.29, 1.82) is 0 Å². The first-order valence-electron chi connectivity index (χ1n) is 9.27. The van der Waals surface area contributed by atoms with E-state index in [1.54, 1.807) is 35.2 Å². The van der Waals surface area contributed by atoms with Crippen molar-refractivity contribution in [2.75, 3.05) is 18.0 Å². The second-order valence-corrected chi connectivity index (χ2v) is 9.74. The number of sulfonamides is 1. The zero-order valence-corrected chi connectivity index (χ0v) is 18.2. The molecule has 8 heteroatoms. The average molecular weight is 489 g/mol. The summed E-state index contributed by atoms with van der Waals surface area (Å²) in [5.41, 5.74) is 1.72. The summed E-state index contributed by atoms with van der Waals surface area (Å²) in [5, 5.41) is 0. The SMILES string of the molecule is O=C(c1ccc(F)cc1)N1CCN(S(=O)(=O)c2ccc(Br)cc2)Cc2ccccc21. The van der Waals surface area contributed by atoms with Gasteiger partial charge >= 0.3 is 0 Å². The molecule has 0 bridgehead atoms. The molecule has 0 spiro atoms. The lowest BCUT2D eigenvalue weighted by Crippen LogP contribution is -2.38.